The van der Waals surface area contributed by atoms with E-state index < -0.39 is 18.1 Å². The molecule has 0 saturated carbocycles. The lowest BCUT2D eigenvalue weighted by Gasteiger charge is -2.19. The predicted molar refractivity (Wildman–Crippen MR) is 108 cm³/mol. The number of nitrogens with zero attached hydrogens (tertiary/aromatic N) is 1. The largest absolute Gasteiger partial charge is 0.573 e. The number of hydrogen-bond donors (Lipinski definition) is 3. The quantitative estimate of drug-likeness (QED) is 0.237. The normalized spacial score (nSPS) is 12.0. The summed E-state index contributed by atoms with van der Waals surface area (Å²) >= 11 is 0. The number of amides is 1. The number of benzene rings is 1. The van der Waals surface area contributed by atoms with Crippen molar-refractivity contribution in [3.8, 4) is 5.75 Å². The molecule has 0 aromatic heterocycles. The van der Waals surface area contributed by atoms with Crippen molar-refractivity contribution in [1.29, 1.82) is 0 Å². The molecule has 0 spiro atoms. The van der Waals surface area contributed by atoms with Gasteiger partial charge in [-0.05, 0) is 51.5 Å². The predicted octanol–water partition coefficient (Wildman–Crippen LogP) is 3.84. The first-order valence-corrected chi connectivity index (χ1v) is 7.84. The third kappa shape index (κ3) is 13.0. The van der Waals surface area contributed by atoms with Crippen LogP contribution in [0.1, 0.15) is 27.2 Å². The Kier molecular flexibility index (Phi) is 10.3. The van der Waals surface area contributed by atoms with Crippen molar-refractivity contribution in [2.45, 2.75) is 39.2 Å². The second kappa shape index (κ2) is 11.0. The monoisotopic (exact) mass is 504 g/mol. The molecule has 1 aromatic rings. The van der Waals surface area contributed by atoms with Gasteiger partial charge in [0.2, 0.25) is 0 Å². The van der Waals surface area contributed by atoms with Crippen LogP contribution in [0.4, 0.5) is 23.7 Å². The summed E-state index contributed by atoms with van der Waals surface area (Å²) in [7, 11) is 0. The molecule has 0 aliphatic carbocycles. The number of nitrogens with one attached hydrogen (secondary N) is 2. The average Bonchev–Trinajstić information content (AvgIpc) is 2.45. The highest BCUT2D eigenvalue weighted by molar-refractivity contribution is 14.0. The van der Waals surface area contributed by atoms with Gasteiger partial charge in [0.15, 0.2) is 5.96 Å². The van der Waals surface area contributed by atoms with Gasteiger partial charge in [0.05, 0.1) is 0 Å². The molecule has 0 bridgehead atoms. The van der Waals surface area contributed by atoms with E-state index >= 15 is 0 Å². The van der Waals surface area contributed by atoms with Crippen LogP contribution in [0.2, 0.25) is 0 Å². The van der Waals surface area contributed by atoms with Crippen molar-refractivity contribution in [2.24, 2.45) is 10.7 Å². The molecule has 7 nitrogen and oxygen atoms in total. The van der Waals surface area contributed by atoms with Gasteiger partial charge in [0.1, 0.15) is 11.4 Å². The number of guanidine groups is 1. The molecule has 0 radical (unpaired) electrons. The molecule has 0 saturated heterocycles. The van der Waals surface area contributed by atoms with Crippen LogP contribution in [0.15, 0.2) is 29.3 Å². The van der Waals surface area contributed by atoms with E-state index in [0.717, 1.165) is 12.1 Å². The summed E-state index contributed by atoms with van der Waals surface area (Å²) < 4.78 is 45.1. The minimum atomic E-state index is -4.73. The number of rotatable bonds is 6. The zero-order valence-corrected chi connectivity index (χ0v) is 17.6. The minimum absolute atomic E-state index is 0. The van der Waals surface area contributed by atoms with E-state index in [0.29, 0.717) is 25.2 Å². The van der Waals surface area contributed by atoms with Gasteiger partial charge in [-0.3, -0.25) is 4.99 Å². The van der Waals surface area contributed by atoms with E-state index in [2.05, 4.69) is 20.4 Å². The number of aliphatic imine (C=N–C) groups is 1. The van der Waals surface area contributed by atoms with Crippen LogP contribution in [0.5, 0.6) is 5.75 Å². The molecule has 0 unspecified atom stereocenters. The Labute approximate surface area is 172 Å². The van der Waals surface area contributed by atoms with E-state index in [1.54, 1.807) is 20.8 Å². The summed E-state index contributed by atoms with van der Waals surface area (Å²) in [6, 6.07) is 5.09. The van der Waals surface area contributed by atoms with Gasteiger partial charge in [-0.1, -0.05) is 0 Å². The van der Waals surface area contributed by atoms with Gasteiger partial charge in [-0.2, -0.15) is 0 Å². The zero-order valence-electron chi connectivity index (χ0n) is 15.2. The van der Waals surface area contributed by atoms with Crippen molar-refractivity contribution in [3.63, 3.8) is 0 Å². The maximum Gasteiger partial charge on any atom is 0.573 e. The highest BCUT2D eigenvalue weighted by Gasteiger charge is 2.30. The van der Waals surface area contributed by atoms with E-state index in [4.69, 9.17) is 10.5 Å². The first-order valence-electron chi connectivity index (χ1n) is 7.84. The molecule has 11 heteroatoms. The first-order chi connectivity index (χ1) is 11.9. The molecule has 0 aliphatic rings. The van der Waals surface area contributed by atoms with Gasteiger partial charge in [-0.25, -0.2) is 4.79 Å². The molecule has 154 valence electrons. The lowest BCUT2D eigenvalue weighted by molar-refractivity contribution is -0.274. The Morgan fingerprint density at radius 3 is 2.30 bits per heavy atom. The number of hydrogen-bond acceptors (Lipinski definition) is 4. The maximum atomic E-state index is 12.1. The molecule has 0 heterocycles. The summed E-state index contributed by atoms with van der Waals surface area (Å²) in [5, 5.41) is 5.33. The second-order valence-electron chi connectivity index (χ2n) is 6.25. The van der Waals surface area contributed by atoms with Crippen LogP contribution >= 0.6 is 24.0 Å². The van der Waals surface area contributed by atoms with Crippen molar-refractivity contribution < 1.29 is 27.4 Å². The molecule has 0 fully saturated rings. The fourth-order valence-corrected chi connectivity index (χ4v) is 1.71. The summed E-state index contributed by atoms with van der Waals surface area (Å²) in [6.07, 6.45) is -4.70. The van der Waals surface area contributed by atoms with Crippen LogP contribution in [-0.4, -0.2) is 37.1 Å². The molecule has 27 heavy (non-hydrogen) atoms. The van der Waals surface area contributed by atoms with Crippen molar-refractivity contribution >= 4 is 41.7 Å². The third-order valence-electron chi connectivity index (χ3n) is 2.65. The smallest absolute Gasteiger partial charge is 0.444 e. The minimum Gasteiger partial charge on any atom is -0.444 e. The Morgan fingerprint density at radius 1 is 1.19 bits per heavy atom. The third-order valence-corrected chi connectivity index (χ3v) is 2.65. The summed E-state index contributed by atoms with van der Waals surface area (Å²) in [6.45, 7) is 6.03. The highest BCUT2D eigenvalue weighted by atomic mass is 127. The van der Waals surface area contributed by atoms with Crippen molar-refractivity contribution in [3.05, 3.63) is 24.3 Å². The number of carbonyl (C=O) groups excluding carboxylic acids is 1. The number of ether oxygens (including phenoxy) is 2. The van der Waals surface area contributed by atoms with Crippen LogP contribution in [0.25, 0.3) is 0 Å². The van der Waals surface area contributed by atoms with Crippen molar-refractivity contribution in [1.82, 2.24) is 5.32 Å². The fourth-order valence-electron chi connectivity index (χ4n) is 1.71. The molecule has 1 aromatic carbocycles. The van der Waals surface area contributed by atoms with Crippen LogP contribution in [0.3, 0.4) is 0 Å². The Hall–Kier alpha value is -1.92. The molecule has 1 amide bonds. The van der Waals surface area contributed by atoms with Gasteiger partial charge in [0.25, 0.3) is 0 Å². The average molecular weight is 504 g/mol. The topological polar surface area (TPSA) is 98.0 Å². The number of alkyl halides is 3. The standard InChI is InChI=1S/C16H23F3N4O3.HI/c1-15(2,3)26-14(24)22-10-4-9-21-13(20)23-11-5-7-12(8-6-11)25-16(17,18)19;/h5-8H,4,9-10H2,1-3H3,(H,22,24)(H3,20,21,23);1H. The van der Waals surface area contributed by atoms with Crippen LogP contribution in [0, 0.1) is 0 Å². The summed E-state index contributed by atoms with van der Waals surface area (Å²) in [4.78, 5) is 15.5. The zero-order chi connectivity index (χ0) is 19.8. The van der Waals surface area contributed by atoms with E-state index in [1.165, 1.54) is 12.1 Å². The number of nitrogens with two attached hydrogens (primary N) is 1. The molecule has 4 N–H and O–H groups in total. The SMILES string of the molecule is CC(C)(C)OC(=O)NCCCN=C(N)Nc1ccc(OC(F)(F)F)cc1.I. The van der Waals surface area contributed by atoms with Crippen molar-refractivity contribution in [2.75, 3.05) is 18.4 Å². The van der Waals surface area contributed by atoms with E-state index in [9.17, 15) is 18.0 Å². The highest BCUT2D eigenvalue weighted by Crippen LogP contribution is 2.23. The number of halogens is 4. The van der Waals surface area contributed by atoms with Gasteiger partial charge in [-0.15, -0.1) is 37.1 Å². The van der Waals surface area contributed by atoms with E-state index in [-0.39, 0.29) is 35.7 Å². The Morgan fingerprint density at radius 2 is 1.78 bits per heavy atom. The number of carbonyl (C=O) groups is 1. The first kappa shape index (κ1) is 25.1. The summed E-state index contributed by atoms with van der Waals surface area (Å²) in [5.74, 6) is -0.224. The number of anilines is 1. The molecule has 0 aliphatic heterocycles. The molecular weight excluding hydrogens is 480 g/mol. The Balaban J connectivity index is 0.00000676. The van der Waals surface area contributed by atoms with Gasteiger partial charge in [0, 0.05) is 18.8 Å². The molecule has 0 atom stereocenters. The van der Waals surface area contributed by atoms with E-state index in [1.807, 2.05) is 0 Å². The number of alkyl carbamates (subject to hydrolysis) is 1. The second-order valence-corrected chi connectivity index (χ2v) is 6.25. The maximum absolute atomic E-state index is 12.1. The summed E-state index contributed by atoms with van der Waals surface area (Å²) in [5.41, 5.74) is 5.59. The van der Waals surface area contributed by atoms with Gasteiger partial charge < -0.3 is 25.8 Å². The Bertz CT molecular complexity index is 617. The fraction of sp³-hybridized carbons (Fsp3) is 0.500. The lowest BCUT2D eigenvalue weighted by Crippen LogP contribution is -2.33. The molecular formula is C16H24F3IN4O3. The van der Waals surface area contributed by atoms with Crippen LogP contribution < -0.4 is 21.1 Å². The lowest BCUT2D eigenvalue weighted by atomic mass is 10.2. The molecule has 1 rings (SSSR count). The van der Waals surface area contributed by atoms with Crippen LogP contribution in [-0.2, 0) is 4.74 Å². The van der Waals surface area contributed by atoms with Gasteiger partial charge >= 0.3 is 12.5 Å².